The SMILES string of the molecule is Cc1cc(OC(=O)O)nc(N2[C@@H]3CC[C@H]2CC(OCc2c(-c4ccccc4C(F)(F)F)noc2C2CC2)C3)n1. The lowest BCUT2D eigenvalue weighted by molar-refractivity contribution is -0.137. The average Bonchev–Trinajstić information content (AvgIpc) is 3.57. The molecule has 39 heavy (non-hydrogen) atoms. The highest BCUT2D eigenvalue weighted by molar-refractivity contribution is 5.68. The number of hydrogen-bond acceptors (Lipinski definition) is 8. The van der Waals surface area contributed by atoms with Crippen LogP contribution in [0.4, 0.5) is 23.9 Å². The molecule has 12 heteroatoms. The largest absolute Gasteiger partial charge is 0.512 e. The molecule has 3 atom stereocenters. The van der Waals surface area contributed by atoms with E-state index in [4.69, 9.17) is 19.1 Å². The van der Waals surface area contributed by atoms with Gasteiger partial charge in [0.2, 0.25) is 11.8 Å². The van der Waals surface area contributed by atoms with Crippen LogP contribution in [-0.2, 0) is 17.5 Å². The van der Waals surface area contributed by atoms with E-state index in [-0.39, 0.29) is 47.8 Å². The zero-order valence-electron chi connectivity index (χ0n) is 21.1. The second kappa shape index (κ2) is 9.82. The Kier molecular flexibility index (Phi) is 6.44. The predicted octanol–water partition coefficient (Wildman–Crippen LogP) is 6.11. The Morgan fingerprint density at radius 2 is 1.85 bits per heavy atom. The number of fused-ring (bicyclic) bond motifs is 2. The maximum atomic E-state index is 13.8. The number of hydrogen-bond donors (Lipinski definition) is 1. The van der Waals surface area contributed by atoms with E-state index in [2.05, 4.69) is 20.0 Å². The molecule has 1 aliphatic carbocycles. The van der Waals surface area contributed by atoms with Gasteiger partial charge in [0.25, 0.3) is 0 Å². The van der Waals surface area contributed by atoms with Crippen LogP contribution in [0, 0.1) is 6.92 Å². The number of benzene rings is 1. The first kappa shape index (κ1) is 25.6. The number of aryl methyl sites for hydroxylation is 1. The van der Waals surface area contributed by atoms with E-state index in [1.165, 1.54) is 18.2 Å². The molecule has 1 N–H and O–H groups in total. The van der Waals surface area contributed by atoms with Crippen LogP contribution >= 0.6 is 0 Å². The minimum absolute atomic E-state index is 0.00915. The van der Waals surface area contributed by atoms with Crippen LogP contribution in [-0.4, -0.2) is 44.6 Å². The highest BCUT2D eigenvalue weighted by atomic mass is 19.4. The van der Waals surface area contributed by atoms with E-state index < -0.39 is 17.9 Å². The van der Waals surface area contributed by atoms with Crippen molar-refractivity contribution < 1.29 is 37.1 Å². The van der Waals surface area contributed by atoms with Crippen molar-refractivity contribution in [2.24, 2.45) is 0 Å². The van der Waals surface area contributed by atoms with Crippen LogP contribution in [0.1, 0.15) is 67.0 Å². The summed E-state index contributed by atoms with van der Waals surface area (Å²) in [5.41, 5.74) is 0.606. The maximum absolute atomic E-state index is 13.8. The van der Waals surface area contributed by atoms with Crippen molar-refractivity contribution in [2.75, 3.05) is 4.90 Å². The fourth-order valence-corrected chi connectivity index (χ4v) is 5.85. The number of anilines is 1. The first-order valence-electron chi connectivity index (χ1n) is 13.0. The molecule has 2 saturated heterocycles. The van der Waals surface area contributed by atoms with E-state index in [1.807, 2.05) is 0 Å². The van der Waals surface area contributed by atoms with Gasteiger partial charge in [-0.15, -0.1) is 0 Å². The Labute approximate surface area is 221 Å². The number of piperidine rings is 1. The van der Waals surface area contributed by atoms with Crippen molar-refractivity contribution in [3.63, 3.8) is 0 Å². The highest BCUT2D eigenvalue weighted by Crippen LogP contribution is 2.46. The van der Waals surface area contributed by atoms with Gasteiger partial charge >= 0.3 is 12.3 Å². The monoisotopic (exact) mass is 544 g/mol. The molecule has 0 amide bonds. The van der Waals surface area contributed by atoms with Gasteiger partial charge in [0.05, 0.1) is 18.3 Å². The number of aromatic nitrogens is 3. The molecule has 0 spiro atoms. The molecule has 6 rings (SSSR count). The first-order valence-corrected chi connectivity index (χ1v) is 13.0. The topological polar surface area (TPSA) is 111 Å². The summed E-state index contributed by atoms with van der Waals surface area (Å²) < 4.78 is 58.0. The molecule has 2 aliphatic heterocycles. The number of nitrogens with zero attached hydrogens (tertiary/aromatic N) is 4. The minimum Gasteiger partial charge on any atom is -0.449 e. The standard InChI is InChI=1S/C27H27F3N4O5/c1-14-10-22(38-26(35)36)32-25(31-14)34-16-8-9-17(34)12-18(11-16)37-13-20-23(33-39-24(20)15-6-7-15)19-4-2-3-5-21(19)27(28,29)30/h2-5,10,15-18H,6-9,11-13H2,1H3,(H,35,36)/t16-,17+,18?. The zero-order chi connectivity index (χ0) is 27.3. The van der Waals surface area contributed by atoms with Gasteiger partial charge in [-0.3, -0.25) is 0 Å². The molecule has 2 aromatic heterocycles. The molecule has 3 fully saturated rings. The first-order chi connectivity index (χ1) is 18.7. The second-order valence-electron chi connectivity index (χ2n) is 10.4. The third-order valence-corrected chi connectivity index (χ3v) is 7.65. The average molecular weight is 545 g/mol. The van der Waals surface area contributed by atoms with Crippen LogP contribution < -0.4 is 9.64 Å². The normalized spacial score (nSPS) is 22.8. The fourth-order valence-electron chi connectivity index (χ4n) is 5.85. The molecule has 3 aromatic rings. The van der Waals surface area contributed by atoms with Crippen molar-refractivity contribution in [3.8, 4) is 17.1 Å². The van der Waals surface area contributed by atoms with Crippen molar-refractivity contribution in [1.82, 2.24) is 15.1 Å². The Balaban J connectivity index is 1.21. The van der Waals surface area contributed by atoms with E-state index in [0.29, 0.717) is 35.8 Å². The summed E-state index contributed by atoms with van der Waals surface area (Å²) >= 11 is 0. The summed E-state index contributed by atoms with van der Waals surface area (Å²) in [6.45, 7) is 1.86. The lowest BCUT2D eigenvalue weighted by Gasteiger charge is -2.39. The van der Waals surface area contributed by atoms with Crippen molar-refractivity contribution >= 4 is 12.1 Å². The summed E-state index contributed by atoms with van der Waals surface area (Å²) in [6, 6.07) is 7.05. The molecule has 1 aromatic carbocycles. The molecule has 206 valence electrons. The Bertz CT molecular complexity index is 1380. The number of alkyl halides is 3. The van der Waals surface area contributed by atoms with Crippen LogP contribution in [0.2, 0.25) is 0 Å². The van der Waals surface area contributed by atoms with Gasteiger partial charge in [0.15, 0.2) is 0 Å². The Morgan fingerprint density at radius 3 is 2.51 bits per heavy atom. The smallest absolute Gasteiger partial charge is 0.449 e. The van der Waals surface area contributed by atoms with Crippen LogP contribution in [0.5, 0.6) is 5.88 Å². The predicted molar refractivity (Wildman–Crippen MR) is 131 cm³/mol. The fraction of sp³-hybridized carbons (Fsp3) is 0.481. The van der Waals surface area contributed by atoms with Gasteiger partial charge in [0.1, 0.15) is 11.5 Å². The van der Waals surface area contributed by atoms with Crippen LogP contribution in [0.25, 0.3) is 11.3 Å². The number of halogens is 3. The van der Waals surface area contributed by atoms with Gasteiger partial charge in [-0.2, -0.15) is 18.2 Å². The molecule has 2 bridgehead atoms. The molecular formula is C27H27F3N4O5. The lowest BCUT2D eigenvalue weighted by Crippen LogP contribution is -2.46. The molecule has 0 radical (unpaired) electrons. The third kappa shape index (κ3) is 5.17. The van der Waals surface area contributed by atoms with E-state index in [9.17, 15) is 18.0 Å². The van der Waals surface area contributed by atoms with Gasteiger partial charge in [-0.1, -0.05) is 23.4 Å². The number of carbonyl (C=O) groups is 1. The second-order valence-corrected chi connectivity index (χ2v) is 10.4. The van der Waals surface area contributed by atoms with Crippen molar-refractivity contribution in [3.05, 3.63) is 52.9 Å². The molecule has 3 aliphatic rings. The zero-order valence-corrected chi connectivity index (χ0v) is 21.1. The maximum Gasteiger partial charge on any atom is 0.512 e. The third-order valence-electron chi connectivity index (χ3n) is 7.65. The lowest BCUT2D eigenvalue weighted by atomic mass is 9.98. The molecular weight excluding hydrogens is 517 g/mol. The quantitative estimate of drug-likeness (QED) is 0.352. The molecule has 4 heterocycles. The summed E-state index contributed by atoms with van der Waals surface area (Å²) in [5.74, 6) is 1.18. The summed E-state index contributed by atoms with van der Waals surface area (Å²) in [6.07, 6.45) is -1.08. The van der Waals surface area contributed by atoms with Gasteiger partial charge < -0.3 is 24.0 Å². The van der Waals surface area contributed by atoms with E-state index in [1.54, 1.807) is 13.0 Å². The highest BCUT2D eigenvalue weighted by Gasteiger charge is 2.43. The molecule has 1 unspecified atom stereocenters. The summed E-state index contributed by atoms with van der Waals surface area (Å²) in [5, 5.41) is 13.1. The van der Waals surface area contributed by atoms with Crippen molar-refractivity contribution in [2.45, 2.75) is 82.3 Å². The number of ether oxygens (including phenoxy) is 2. The number of carboxylic acid groups (broad SMARTS) is 1. The summed E-state index contributed by atoms with van der Waals surface area (Å²) in [7, 11) is 0. The van der Waals surface area contributed by atoms with Gasteiger partial charge in [-0.25, -0.2) is 9.78 Å². The molecule has 9 nitrogen and oxygen atoms in total. The van der Waals surface area contributed by atoms with Gasteiger partial charge in [0, 0.05) is 40.9 Å². The molecule has 1 saturated carbocycles. The number of rotatable bonds is 7. The summed E-state index contributed by atoms with van der Waals surface area (Å²) in [4.78, 5) is 21.9. The van der Waals surface area contributed by atoms with Crippen LogP contribution in [0.3, 0.4) is 0 Å². The van der Waals surface area contributed by atoms with Gasteiger partial charge in [-0.05, 0) is 51.5 Å². The van der Waals surface area contributed by atoms with E-state index >= 15 is 0 Å². The van der Waals surface area contributed by atoms with Crippen molar-refractivity contribution in [1.29, 1.82) is 0 Å². The minimum atomic E-state index is -4.52. The Morgan fingerprint density at radius 1 is 1.13 bits per heavy atom. The van der Waals surface area contributed by atoms with E-state index in [0.717, 1.165) is 31.7 Å². The van der Waals surface area contributed by atoms with Crippen LogP contribution in [0.15, 0.2) is 34.9 Å². The Hall–Kier alpha value is -3.67.